The normalized spacial score (nSPS) is 12.0. The van der Waals surface area contributed by atoms with E-state index in [-0.39, 0.29) is 5.41 Å². The quantitative estimate of drug-likeness (QED) is 0.198. The third kappa shape index (κ3) is 4.38. The summed E-state index contributed by atoms with van der Waals surface area (Å²) in [7, 11) is 0. The molecule has 0 unspecified atom stereocenters. The fourth-order valence-corrected chi connectivity index (χ4v) is 6.28. The molecule has 0 atom stereocenters. The van der Waals surface area contributed by atoms with Crippen molar-refractivity contribution >= 4 is 43.4 Å². The number of para-hydroxylation sites is 1. The Bertz CT molecular complexity index is 2360. The first-order chi connectivity index (χ1) is 21.4. The van der Waals surface area contributed by atoms with Crippen LogP contribution in [0.25, 0.3) is 60.4 Å². The van der Waals surface area contributed by atoms with Crippen molar-refractivity contribution in [1.29, 1.82) is 0 Å². The Morgan fingerprint density at radius 1 is 0.545 bits per heavy atom. The summed E-state index contributed by atoms with van der Waals surface area (Å²) in [6.45, 7) is 6.69. The Kier molecular flexibility index (Phi) is 5.98. The maximum absolute atomic E-state index is 6.53. The van der Waals surface area contributed by atoms with Gasteiger partial charge in [0.2, 0.25) is 0 Å². The zero-order valence-corrected chi connectivity index (χ0v) is 25.0. The smallest absolute Gasteiger partial charge is 0.137 e. The van der Waals surface area contributed by atoms with E-state index in [4.69, 9.17) is 14.7 Å². The Balaban J connectivity index is 1.22. The van der Waals surface area contributed by atoms with Gasteiger partial charge in [-0.2, -0.15) is 0 Å². The molecule has 212 valence electrons. The molecule has 3 aromatic heterocycles. The van der Waals surface area contributed by atoms with Crippen molar-refractivity contribution in [3.63, 3.8) is 0 Å². The maximum atomic E-state index is 6.53. The molecule has 0 fully saturated rings. The highest BCUT2D eigenvalue weighted by molar-refractivity contribution is 6.11. The summed E-state index contributed by atoms with van der Waals surface area (Å²) in [6.07, 6.45) is 3.81. The van der Waals surface area contributed by atoms with Crippen LogP contribution in [0.1, 0.15) is 26.3 Å². The van der Waals surface area contributed by atoms with Gasteiger partial charge in [-0.15, -0.1) is 0 Å². The fourth-order valence-electron chi connectivity index (χ4n) is 6.28. The largest absolute Gasteiger partial charge is 0.457 e. The van der Waals surface area contributed by atoms with Crippen LogP contribution < -0.4 is 4.74 Å². The lowest BCUT2D eigenvalue weighted by Crippen LogP contribution is -2.12. The molecule has 3 heterocycles. The van der Waals surface area contributed by atoms with Gasteiger partial charge in [-0.25, -0.2) is 4.98 Å². The molecule has 0 aliphatic carbocycles. The van der Waals surface area contributed by atoms with Crippen LogP contribution >= 0.6 is 0 Å². The Labute approximate surface area is 256 Å². The van der Waals surface area contributed by atoms with Crippen LogP contribution in [0.15, 0.2) is 134 Å². The highest BCUT2D eigenvalue weighted by Crippen LogP contribution is 2.37. The lowest BCUT2D eigenvalue weighted by atomic mass is 9.88. The number of fused-ring (bicyclic) bond motifs is 6. The third-order valence-electron chi connectivity index (χ3n) is 8.50. The molecule has 0 saturated heterocycles. The van der Waals surface area contributed by atoms with Crippen LogP contribution in [-0.2, 0) is 5.41 Å². The van der Waals surface area contributed by atoms with E-state index in [2.05, 4.69) is 128 Å². The maximum Gasteiger partial charge on any atom is 0.137 e. The van der Waals surface area contributed by atoms with Crippen molar-refractivity contribution in [2.75, 3.05) is 0 Å². The van der Waals surface area contributed by atoms with Crippen LogP contribution in [0.4, 0.5) is 0 Å². The lowest BCUT2D eigenvalue weighted by molar-refractivity contribution is 0.483. The molecule has 0 radical (unpaired) electrons. The van der Waals surface area contributed by atoms with Gasteiger partial charge in [0.05, 0.1) is 16.7 Å². The van der Waals surface area contributed by atoms with Gasteiger partial charge in [0.25, 0.3) is 0 Å². The molecule has 0 saturated carbocycles. The van der Waals surface area contributed by atoms with Gasteiger partial charge in [-0.3, -0.25) is 9.55 Å². The van der Waals surface area contributed by atoms with Crippen LogP contribution in [0.3, 0.4) is 0 Å². The van der Waals surface area contributed by atoms with Crippen molar-refractivity contribution in [2.45, 2.75) is 26.2 Å². The predicted octanol–water partition coefficient (Wildman–Crippen LogP) is 10.6. The van der Waals surface area contributed by atoms with Crippen LogP contribution in [0, 0.1) is 0 Å². The lowest BCUT2D eigenvalue weighted by Gasteiger charge is -2.20. The van der Waals surface area contributed by atoms with Gasteiger partial charge in [0, 0.05) is 40.2 Å². The van der Waals surface area contributed by atoms with Gasteiger partial charge in [-0.05, 0) is 75.7 Å². The van der Waals surface area contributed by atoms with Gasteiger partial charge >= 0.3 is 0 Å². The summed E-state index contributed by atoms with van der Waals surface area (Å²) in [5, 5.41) is 7.13. The monoisotopic (exact) mass is 569 g/mol. The first-order valence-corrected chi connectivity index (χ1v) is 15.0. The molecule has 4 nitrogen and oxygen atoms in total. The number of aromatic nitrogens is 3. The number of nitrogens with zero attached hydrogens (tertiary/aromatic N) is 3. The average Bonchev–Trinajstić information content (AvgIpc) is 3.38. The van der Waals surface area contributed by atoms with E-state index in [1.165, 1.54) is 27.1 Å². The Morgan fingerprint density at radius 2 is 1.30 bits per heavy atom. The van der Waals surface area contributed by atoms with Gasteiger partial charge in [0.1, 0.15) is 17.3 Å². The highest BCUT2D eigenvalue weighted by Gasteiger charge is 2.18. The zero-order valence-electron chi connectivity index (χ0n) is 25.0. The average molecular weight is 570 g/mol. The second-order valence-electron chi connectivity index (χ2n) is 12.4. The summed E-state index contributed by atoms with van der Waals surface area (Å²) in [4.78, 5) is 9.61. The second kappa shape index (κ2) is 10.1. The molecule has 0 spiro atoms. The van der Waals surface area contributed by atoms with E-state index in [0.717, 1.165) is 50.4 Å². The zero-order chi connectivity index (χ0) is 29.8. The molecule has 8 rings (SSSR count). The third-order valence-corrected chi connectivity index (χ3v) is 8.50. The van der Waals surface area contributed by atoms with Crippen LogP contribution in [-0.4, -0.2) is 14.5 Å². The number of ether oxygens (including phenoxy) is 1. The van der Waals surface area contributed by atoms with Crippen molar-refractivity contribution in [3.8, 4) is 28.6 Å². The summed E-state index contributed by atoms with van der Waals surface area (Å²) in [5.41, 5.74) is 5.39. The van der Waals surface area contributed by atoms with Crippen molar-refractivity contribution < 1.29 is 4.74 Å². The van der Waals surface area contributed by atoms with E-state index >= 15 is 0 Å². The number of benzene rings is 5. The van der Waals surface area contributed by atoms with Gasteiger partial charge in [-0.1, -0.05) is 87.5 Å². The number of hydrogen-bond acceptors (Lipinski definition) is 3. The first-order valence-electron chi connectivity index (χ1n) is 15.0. The summed E-state index contributed by atoms with van der Waals surface area (Å²) < 4.78 is 8.78. The number of pyridine rings is 2. The standard InChI is InChI=1S/C40H31N3O/c1-40(2,3)28-19-21-41-38(24-28)43-36-14-7-6-13-33(36)34-18-16-30(25-37(34)43)44-29-11-8-10-27(23-29)39-35-17-15-26-9-4-5-12-31(26)32(35)20-22-42-39/h4-25H,1-3H3. The van der Waals surface area contributed by atoms with Gasteiger partial charge < -0.3 is 4.74 Å². The van der Waals surface area contributed by atoms with Gasteiger partial charge in [0.15, 0.2) is 0 Å². The topological polar surface area (TPSA) is 39.9 Å². The van der Waals surface area contributed by atoms with E-state index in [1.807, 2.05) is 30.6 Å². The summed E-state index contributed by atoms with van der Waals surface area (Å²) in [6, 6.07) is 42.2. The SMILES string of the molecule is CC(C)(C)c1ccnc(-n2c3ccccc3c3ccc(Oc4cccc(-c5nccc6c5ccc5ccccc56)c4)cc32)c1. The highest BCUT2D eigenvalue weighted by atomic mass is 16.5. The molecule has 44 heavy (non-hydrogen) atoms. The van der Waals surface area contributed by atoms with Crippen molar-refractivity contribution in [1.82, 2.24) is 14.5 Å². The molecule has 5 aromatic carbocycles. The Morgan fingerprint density at radius 3 is 2.18 bits per heavy atom. The molecule has 0 aliphatic heterocycles. The molecule has 0 amide bonds. The molecule has 0 aliphatic rings. The minimum atomic E-state index is 0.0156. The van der Waals surface area contributed by atoms with E-state index < -0.39 is 0 Å². The molecule has 8 aromatic rings. The van der Waals surface area contributed by atoms with Crippen LogP contribution in [0.2, 0.25) is 0 Å². The summed E-state index contributed by atoms with van der Waals surface area (Å²) >= 11 is 0. The Hall–Kier alpha value is -5.48. The van der Waals surface area contributed by atoms with Crippen LogP contribution in [0.5, 0.6) is 11.5 Å². The molecule has 0 N–H and O–H groups in total. The first kappa shape index (κ1) is 26.2. The van der Waals surface area contributed by atoms with Crippen molar-refractivity contribution in [3.05, 3.63) is 139 Å². The van der Waals surface area contributed by atoms with Crippen molar-refractivity contribution in [2.24, 2.45) is 0 Å². The number of rotatable bonds is 4. The minimum Gasteiger partial charge on any atom is -0.457 e. The van der Waals surface area contributed by atoms with E-state index in [9.17, 15) is 0 Å². The molecule has 0 bridgehead atoms. The minimum absolute atomic E-state index is 0.0156. The second-order valence-corrected chi connectivity index (χ2v) is 12.4. The predicted molar refractivity (Wildman–Crippen MR) is 182 cm³/mol. The fraction of sp³-hybridized carbons (Fsp3) is 0.100. The summed E-state index contributed by atoms with van der Waals surface area (Å²) in [5.74, 6) is 2.43. The van der Waals surface area contributed by atoms with E-state index in [1.54, 1.807) is 0 Å². The number of hydrogen-bond donors (Lipinski definition) is 0. The molecular formula is C40H31N3O. The molecular weight excluding hydrogens is 538 g/mol. The van der Waals surface area contributed by atoms with E-state index in [0.29, 0.717) is 0 Å². The molecule has 4 heteroatoms.